The maximum atomic E-state index is 12.3. The fourth-order valence-corrected chi connectivity index (χ4v) is 2.44. The molecule has 0 amide bonds. The lowest BCUT2D eigenvalue weighted by Gasteiger charge is -2.24. The maximum absolute atomic E-state index is 12.3. The lowest BCUT2D eigenvalue weighted by Crippen LogP contribution is -2.38. The van der Waals surface area contributed by atoms with Crippen LogP contribution in [0, 0.1) is 5.92 Å². The molecule has 5 heteroatoms. The predicted molar refractivity (Wildman–Crippen MR) is 91.9 cm³/mol. The second kappa shape index (κ2) is 12.9. The molecule has 0 aromatic heterocycles. The van der Waals surface area contributed by atoms with Crippen LogP contribution in [0.25, 0.3) is 0 Å². The van der Waals surface area contributed by atoms with Crippen LogP contribution in [0.3, 0.4) is 0 Å². The van der Waals surface area contributed by atoms with Gasteiger partial charge in [0, 0.05) is 6.54 Å². The Balaban J connectivity index is 4.04. The fourth-order valence-electron chi connectivity index (χ4n) is 2.44. The van der Waals surface area contributed by atoms with Crippen LogP contribution in [0.15, 0.2) is 0 Å². The number of nitrogens with two attached hydrogens (primary N) is 1. The third-order valence-electron chi connectivity index (χ3n) is 3.60. The summed E-state index contributed by atoms with van der Waals surface area (Å²) in [6, 6.07) is 0. The normalized spacial score (nSPS) is 13.1. The summed E-state index contributed by atoms with van der Waals surface area (Å²) >= 11 is 0. The number of rotatable bonds is 13. The third kappa shape index (κ3) is 13.0. The number of esters is 1. The molecule has 0 spiro atoms. The first-order valence-corrected chi connectivity index (χ1v) is 8.82. The molecule has 0 bridgehead atoms. The highest BCUT2D eigenvalue weighted by Crippen LogP contribution is 2.22. The van der Waals surface area contributed by atoms with E-state index in [1.54, 1.807) is 0 Å². The molecule has 0 saturated carbocycles. The van der Waals surface area contributed by atoms with Gasteiger partial charge in [0.05, 0.1) is 5.92 Å². The van der Waals surface area contributed by atoms with Gasteiger partial charge in [-0.25, -0.2) is 5.43 Å². The quantitative estimate of drug-likeness (QED) is 0.210. The van der Waals surface area contributed by atoms with Crippen molar-refractivity contribution < 1.29 is 9.53 Å². The van der Waals surface area contributed by atoms with Gasteiger partial charge in [0.25, 0.3) is 0 Å². The topological polar surface area (TPSA) is 76.4 Å². The molecule has 0 aliphatic carbocycles. The zero-order valence-electron chi connectivity index (χ0n) is 15.0. The van der Waals surface area contributed by atoms with Crippen molar-refractivity contribution in [3.8, 4) is 0 Å². The highest BCUT2D eigenvalue weighted by atomic mass is 16.6. The van der Waals surface area contributed by atoms with E-state index in [1.165, 1.54) is 12.8 Å². The summed E-state index contributed by atoms with van der Waals surface area (Å²) in [4.78, 5) is 12.3. The van der Waals surface area contributed by atoms with E-state index in [0.717, 1.165) is 51.5 Å². The Morgan fingerprint density at radius 3 is 2.18 bits per heavy atom. The maximum Gasteiger partial charge on any atom is 0.309 e. The van der Waals surface area contributed by atoms with E-state index in [0.29, 0.717) is 0 Å². The van der Waals surface area contributed by atoms with Gasteiger partial charge in [-0.3, -0.25) is 10.6 Å². The van der Waals surface area contributed by atoms with Gasteiger partial charge in [-0.2, -0.15) is 5.53 Å². The summed E-state index contributed by atoms with van der Waals surface area (Å²) in [7, 11) is 0. The van der Waals surface area contributed by atoms with Crippen LogP contribution in [0.2, 0.25) is 0 Å². The standard InChI is InChI=1S/C17H37N3O2/c1-5-6-9-12-15(16(21)22-17(2,3)4)13-10-7-8-11-14-19-20-18/h15,19-20H,5-14,18H2,1-4H3. The van der Waals surface area contributed by atoms with E-state index in [2.05, 4.69) is 17.9 Å². The molecule has 22 heavy (non-hydrogen) atoms. The first kappa shape index (κ1) is 21.4. The summed E-state index contributed by atoms with van der Waals surface area (Å²) in [5.74, 6) is 5.19. The van der Waals surface area contributed by atoms with Crippen LogP contribution in [-0.4, -0.2) is 18.1 Å². The summed E-state index contributed by atoms with van der Waals surface area (Å²) in [6.45, 7) is 8.88. The summed E-state index contributed by atoms with van der Waals surface area (Å²) in [5, 5.41) is 0. The Labute approximate surface area is 136 Å². The van der Waals surface area contributed by atoms with Gasteiger partial charge in [0.2, 0.25) is 0 Å². The number of unbranched alkanes of at least 4 members (excludes halogenated alkanes) is 5. The molecule has 1 unspecified atom stereocenters. The SMILES string of the molecule is CCCCCC(CCCCCCNNN)C(=O)OC(C)(C)C. The average molecular weight is 316 g/mol. The van der Waals surface area contributed by atoms with Gasteiger partial charge in [0.1, 0.15) is 5.60 Å². The van der Waals surface area contributed by atoms with Crippen LogP contribution in [-0.2, 0) is 9.53 Å². The van der Waals surface area contributed by atoms with Gasteiger partial charge in [0.15, 0.2) is 0 Å². The molecule has 0 radical (unpaired) electrons. The molecule has 0 aromatic carbocycles. The highest BCUT2D eigenvalue weighted by Gasteiger charge is 2.24. The first-order valence-electron chi connectivity index (χ1n) is 8.82. The lowest BCUT2D eigenvalue weighted by molar-refractivity contribution is -0.160. The van der Waals surface area contributed by atoms with Crippen molar-refractivity contribution >= 4 is 5.97 Å². The summed E-state index contributed by atoms with van der Waals surface area (Å²) in [5.41, 5.74) is 4.92. The Hall–Kier alpha value is -0.650. The monoisotopic (exact) mass is 315 g/mol. The lowest BCUT2D eigenvalue weighted by atomic mass is 9.94. The van der Waals surface area contributed by atoms with Crippen molar-refractivity contribution in [1.29, 1.82) is 0 Å². The van der Waals surface area contributed by atoms with Gasteiger partial charge in [-0.15, -0.1) is 0 Å². The molecule has 1 atom stereocenters. The zero-order valence-corrected chi connectivity index (χ0v) is 15.0. The van der Waals surface area contributed by atoms with Gasteiger partial charge in [-0.05, 0) is 40.0 Å². The largest absolute Gasteiger partial charge is 0.460 e. The van der Waals surface area contributed by atoms with Crippen molar-refractivity contribution in [2.45, 2.75) is 91.1 Å². The predicted octanol–water partition coefficient (Wildman–Crippen LogP) is 3.44. The molecule has 0 heterocycles. The molecular formula is C17H37N3O2. The smallest absolute Gasteiger partial charge is 0.309 e. The molecule has 0 aromatic rings. The van der Waals surface area contributed by atoms with Crippen LogP contribution in [0.4, 0.5) is 0 Å². The van der Waals surface area contributed by atoms with E-state index in [4.69, 9.17) is 10.6 Å². The molecule has 0 aliphatic heterocycles. The van der Waals surface area contributed by atoms with Crippen LogP contribution >= 0.6 is 0 Å². The average Bonchev–Trinajstić information content (AvgIpc) is 2.42. The molecular weight excluding hydrogens is 278 g/mol. The van der Waals surface area contributed by atoms with Gasteiger partial charge >= 0.3 is 5.97 Å². The summed E-state index contributed by atoms with van der Waals surface area (Å²) < 4.78 is 5.57. The number of hydrogen-bond donors (Lipinski definition) is 3. The van der Waals surface area contributed by atoms with Crippen molar-refractivity contribution in [3.63, 3.8) is 0 Å². The first-order chi connectivity index (χ1) is 10.4. The Kier molecular flexibility index (Phi) is 12.5. The Morgan fingerprint density at radius 2 is 1.64 bits per heavy atom. The Bertz CT molecular complexity index is 278. The molecule has 0 fully saturated rings. The number of ether oxygens (including phenoxy) is 1. The van der Waals surface area contributed by atoms with E-state index in [-0.39, 0.29) is 17.5 Å². The van der Waals surface area contributed by atoms with Crippen molar-refractivity contribution in [1.82, 2.24) is 11.0 Å². The van der Waals surface area contributed by atoms with Crippen molar-refractivity contribution in [2.24, 2.45) is 11.8 Å². The number of hydrazine groups is 2. The minimum atomic E-state index is -0.388. The zero-order chi connectivity index (χ0) is 16.8. The van der Waals surface area contributed by atoms with Crippen molar-refractivity contribution in [3.05, 3.63) is 0 Å². The highest BCUT2D eigenvalue weighted by molar-refractivity contribution is 5.72. The van der Waals surface area contributed by atoms with Crippen LogP contribution in [0.1, 0.15) is 85.5 Å². The van der Waals surface area contributed by atoms with Gasteiger partial charge in [-0.1, -0.05) is 45.4 Å². The van der Waals surface area contributed by atoms with Crippen molar-refractivity contribution in [2.75, 3.05) is 6.54 Å². The third-order valence-corrected chi connectivity index (χ3v) is 3.60. The number of carbonyl (C=O) groups is 1. The number of nitrogens with one attached hydrogen (secondary N) is 2. The van der Waals surface area contributed by atoms with Crippen LogP contribution < -0.4 is 16.8 Å². The minimum absolute atomic E-state index is 0.0161. The summed E-state index contributed by atoms with van der Waals surface area (Å²) in [6.07, 6.45) is 9.89. The van der Waals surface area contributed by atoms with E-state index >= 15 is 0 Å². The second-order valence-corrected chi connectivity index (χ2v) is 7.00. The van der Waals surface area contributed by atoms with E-state index < -0.39 is 0 Å². The van der Waals surface area contributed by atoms with E-state index in [9.17, 15) is 4.79 Å². The molecule has 0 rings (SSSR count). The molecule has 0 aliphatic rings. The minimum Gasteiger partial charge on any atom is -0.460 e. The Morgan fingerprint density at radius 1 is 1.05 bits per heavy atom. The number of hydrogen-bond acceptors (Lipinski definition) is 5. The molecule has 4 N–H and O–H groups in total. The fraction of sp³-hybridized carbons (Fsp3) is 0.941. The van der Waals surface area contributed by atoms with Crippen LogP contribution in [0.5, 0.6) is 0 Å². The molecule has 0 saturated heterocycles. The molecule has 5 nitrogen and oxygen atoms in total. The van der Waals surface area contributed by atoms with E-state index in [1.807, 2.05) is 20.8 Å². The second-order valence-electron chi connectivity index (χ2n) is 7.00. The molecule has 132 valence electrons. The van der Waals surface area contributed by atoms with Gasteiger partial charge < -0.3 is 4.74 Å². The number of carbonyl (C=O) groups excluding carboxylic acids is 1.